The molecule has 1 aromatic carbocycles. The lowest BCUT2D eigenvalue weighted by Gasteiger charge is -2.43. The number of nitrogens with one attached hydrogen (secondary N) is 1. The van der Waals surface area contributed by atoms with Gasteiger partial charge in [-0.2, -0.15) is 23.1 Å². The molecule has 3 aromatic rings. The number of ether oxygens (including phenoxy) is 1. The van der Waals surface area contributed by atoms with Gasteiger partial charge in [-0.25, -0.2) is 9.37 Å². The Labute approximate surface area is 276 Å². The standard InChI is InChI=1S/C33H41ClF4N8O/c1-17-9-24(39)41-29(26(17)33(36,37)38)25-23(34)10-22-28(27(25)35)42-31(43-30(22)45-13-20-5-6-21(14-45)40-20)47-16-32(7-8-32)15-46-12-18(2)44(4)11-19(46)3/h9-10,18-21,40H,5-8,11-16H2,1-4H3,(H2,39,41)/t18-,19+,20?,21?/m0/s1. The van der Waals surface area contributed by atoms with Crippen LogP contribution in [0.3, 0.4) is 0 Å². The number of aromatic nitrogens is 3. The maximum atomic E-state index is 16.7. The monoisotopic (exact) mass is 676 g/mol. The third-order valence-corrected chi connectivity index (χ3v) is 10.8. The molecule has 4 fully saturated rings. The van der Waals surface area contributed by atoms with Crippen LogP contribution < -0.4 is 20.7 Å². The second kappa shape index (κ2) is 11.9. The Balaban J connectivity index is 1.28. The van der Waals surface area contributed by atoms with Crippen molar-refractivity contribution in [1.82, 2.24) is 30.1 Å². The van der Waals surface area contributed by atoms with Gasteiger partial charge < -0.3 is 25.6 Å². The molecule has 3 N–H and O–H groups in total. The summed E-state index contributed by atoms with van der Waals surface area (Å²) in [5.74, 6) is -0.748. The van der Waals surface area contributed by atoms with E-state index in [2.05, 4.69) is 50.9 Å². The highest BCUT2D eigenvalue weighted by Crippen LogP contribution is 2.48. The zero-order valence-corrected chi connectivity index (χ0v) is 27.8. The molecule has 0 radical (unpaired) electrons. The van der Waals surface area contributed by atoms with E-state index in [0.717, 1.165) is 51.4 Å². The minimum atomic E-state index is -4.83. The van der Waals surface area contributed by atoms with Gasteiger partial charge in [0.2, 0.25) is 0 Å². The molecule has 9 nitrogen and oxygen atoms in total. The summed E-state index contributed by atoms with van der Waals surface area (Å²) >= 11 is 6.63. The van der Waals surface area contributed by atoms with E-state index in [1.807, 2.05) is 0 Å². The van der Waals surface area contributed by atoms with E-state index < -0.39 is 28.8 Å². The number of alkyl halides is 3. The van der Waals surface area contributed by atoms with Crippen molar-refractivity contribution in [1.29, 1.82) is 0 Å². The molecule has 1 saturated carbocycles. The fraction of sp³-hybridized carbons (Fsp3) is 0.606. The number of likely N-dealkylation sites (N-methyl/N-ethyl adjacent to an activating group) is 1. The third-order valence-electron chi connectivity index (χ3n) is 10.5. The molecule has 7 rings (SSSR count). The van der Waals surface area contributed by atoms with Crippen molar-refractivity contribution in [2.24, 2.45) is 5.41 Å². The van der Waals surface area contributed by atoms with Gasteiger partial charge in [-0.15, -0.1) is 0 Å². The van der Waals surface area contributed by atoms with Gasteiger partial charge >= 0.3 is 12.2 Å². The normalized spacial score (nSPS) is 26.3. The molecular formula is C33H41ClF4N8O. The average Bonchev–Trinajstić information content (AvgIpc) is 3.67. The van der Waals surface area contributed by atoms with Crippen LogP contribution in [-0.4, -0.2) is 95.3 Å². The number of hydrogen-bond acceptors (Lipinski definition) is 9. The molecule has 1 aliphatic carbocycles. The van der Waals surface area contributed by atoms with Crippen molar-refractivity contribution >= 4 is 34.1 Å². The van der Waals surface area contributed by atoms with Gasteiger partial charge in [0.25, 0.3) is 0 Å². The molecule has 0 amide bonds. The van der Waals surface area contributed by atoms with Gasteiger partial charge in [-0.3, -0.25) is 4.90 Å². The number of anilines is 2. The van der Waals surface area contributed by atoms with Crippen molar-refractivity contribution in [3.63, 3.8) is 0 Å². The zero-order valence-electron chi connectivity index (χ0n) is 27.1. The number of halogens is 5. The van der Waals surface area contributed by atoms with E-state index in [9.17, 15) is 13.2 Å². The third kappa shape index (κ3) is 6.20. The van der Waals surface area contributed by atoms with Crippen LogP contribution >= 0.6 is 11.6 Å². The number of pyridine rings is 1. The van der Waals surface area contributed by atoms with Crippen LogP contribution in [-0.2, 0) is 6.18 Å². The number of nitrogens with zero attached hydrogens (tertiary/aromatic N) is 6. The van der Waals surface area contributed by atoms with E-state index in [1.165, 1.54) is 13.0 Å². The Morgan fingerprint density at radius 3 is 2.40 bits per heavy atom. The Morgan fingerprint density at radius 1 is 1.04 bits per heavy atom. The highest BCUT2D eigenvalue weighted by atomic mass is 35.5. The number of fused-ring (bicyclic) bond motifs is 3. The summed E-state index contributed by atoms with van der Waals surface area (Å²) < 4.78 is 65.9. The van der Waals surface area contributed by atoms with E-state index in [4.69, 9.17) is 27.1 Å². The first kappa shape index (κ1) is 32.5. The van der Waals surface area contributed by atoms with Crippen LogP contribution in [0.4, 0.5) is 29.2 Å². The molecule has 3 saturated heterocycles. The molecule has 2 aromatic heterocycles. The van der Waals surface area contributed by atoms with Crippen LogP contribution in [0.25, 0.3) is 22.2 Å². The maximum absolute atomic E-state index is 16.7. The van der Waals surface area contributed by atoms with E-state index in [1.54, 1.807) is 0 Å². The zero-order chi connectivity index (χ0) is 33.4. The number of nitrogen functional groups attached to an aromatic ring is 1. The van der Waals surface area contributed by atoms with Gasteiger partial charge in [0, 0.05) is 67.7 Å². The second-order valence-corrected chi connectivity index (χ2v) is 14.7. The lowest BCUT2D eigenvalue weighted by molar-refractivity contribution is -0.137. The molecule has 0 spiro atoms. The smallest absolute Gasteiger partial charge is 0.418 e. The van der Waals surface area contributed by atoms with E-state index in [-0.39, 0.29) is 45.4 Å². The fourth-order valence-corrected chi connectivity index (χ4v) is 7.94. The van der Waals surface area contributed by atoms with Gasteiger partial charge in [-0.1, -0.05) is 11.6 Å². The summed E-state index contributed by atoms with van der Waals surface area (Å²) in [7, 11) is 2.15. The molecule has 2 bridgehead atoms. The van der Waals surface area contributed by atoms with Crippen LogP contribution in [0, 0.1) is 18.2 Å². The lowest BCUT2D eigenvalue weighted by Crippen LogP contribution is -2.56. The molecule has 47 heavy (non-hydrogen) atoms. The Hall–Kier alpha value is -3.00. The molecule has 254 valence electrons. The first-order chi connectivity index (χ1) is 22.2. The SMILES string of the molecule is Cc1cc(N)nc(-c2c(Cl)cc3c(N4CC5CCC(C4)N5)nc(OCC4(CN5C[C@H](C)N(C)C[C@H]5C)CC4)nc3c2F)c1C(F)(F)F. The molecule has 2 unspecified atom stereocenters. The average molecular weight is 677 g/mol. The second-order valence-electron chi connectivity index (χ2n) is 14.3. The van der Waals surface area contributed by atoms with Gasteiger partial charge in [-0.05, 0) is 71.2 Å². The van der Waals surface area contributed by atoms with Crippen molar-refractivity contribution in [2.75, 3.05) is 57.0 Å². The number of piperazine rings is 2. The summed E-state index contributed by atoms with van der Waals surface area (Å²) in [5.41, 5.74) is 3.18. The molecule has 3 aliphatic heterocycles. The van der Waals surface area contributed by atoms with Crippen LogP contribution in [0.5, 0.6) is 6.01 Å². The van der Waals surface area contributed by atoms with Crippen molar-refractivity contribution in [3.05, 3.63) is 34.1 Å². The summed E-state index contributed by atoms with van der Waals surface area (Å²) in [6.07, 6.45) is -0.806. The van der Waals surface area contributed by atoms with E-state index >= 15 is 4.39 Å². The van der Waals surface area contributed by atoms with E-state index in [0.29, 0.717) is 43.0 Å². The predicted octanol–water partition coefficient (Wildman–Crippen LogP) is 5.52. The number of aryl methyl sites for hydroxylation is 1. The number of rotatable bonds is 7. The first-order valence-electron chi connectivity index (χ1n) is 16.3. The van der Waals surface area contributed by atoms with Crippen LogP contribution in [0.1, 0.15) is 50.7 Å². The maximum Gasteiger partial charge on any atom is 0.418 e. The Bertz CT molecular complexity index is 1690. The topological polar surface area (TPSA) is 95.7 Å². The number of benzene rings is 1. The van der Waals surface area contributed by atoms with Gasteiger partial charge in [0.05, 0.1) is 28.5 Å². The first-order valence-corrected chi connectivity index (χ1v) is 16.7. The summed E-state index contributed by atoms with van der Waals surface area (Å²) in [5, 5.41) is 3.66. The molecule has 14 heteroatoms. The van der Waals surface area contributed by atoms with Crippen molar-refractivity contribution in [3.8, 4) is 17.3 Å². The summed E-state index contributed by atoms with van der Waals surface area (Å²) in [6.45, 7) is 10.2. The molecule has 4 aliphatic rings. The quantitative estimate of drug-likeness (QED) is 0.314. The fourth-order valence-electron chi connectivity index (χ4n) is 7.65. The lowest BCUT2D eigenvalue weighted by atomic mass is 9.99. The highest BCUT2D eigenvalue weighted by Gasteiger charge is 2.47. The number of nitrogens with two attached hydrogens (primary N) is 1. The number of hydrogen-bond donors (Lipinski definition) is 2. The largest absolute Gasteiger partial charge is 0.463 e. The Morgan fingerprint density at radius 2 is 1.74 bits per heavy atom. The predicted molar refractivity (Wildman–Crippen MR) is 174 cm³/mol. The summed E-state index contributed by atoms with van der Waals surface area (Å²) in [6, 6.07) is 3.90. The van der Waals surface area contributed by atoms with Crippen molar-refractivity contribution < 1.29 is 22.3 Å². The molecule has 4 atom stereocenters. The van der Waals surface area contributed by atoms with Gasteiger partial charge in [0.1, 0.15) is 17.2 Å². The summed E-state index contributed by atoms with van der Waals surface area (Å²) in [4.78, 5) is 20.2. The van der Waals surface area contributed by atoms with Crippen LogP contribution in [0.15, 0.2) is 12.1 Å². The minimum Gasteiger partial charge on any atom is -0.463 e. The Kier molecular flexibility index (Phi) is 8.21. The minimum absolute atomic E-state index is 0.00983. The molecule has 5 heterocycles. The van der Waals surface area contributed by atoms with Gasteiger partial charge in [0.15, 0.2) is 5.82 Å². The van der Waals surface area contributed by atoms with Crippen molar-refractivity contribution in [2.45, 2.75) is 76.8 Å². The highest BCUT2D eigenvalue weighted by molar-refractivity contribution is 6.34. The molecular weight excluding hydrogens is 636 g/mol. The van der Waals surface area contributed by atoms with Crippen LogP contribution in [0.2, 0.25) is 5.02 Å².